The van der Waals surface area contributed by atoms with Crippen LogP contribution in [0.4, 0.5) is 4.39 Å². The number of hydrogen-bond donors (Lipinski definition) is 0. The van der Waals surface area contributed by atoms with Crippen LogP contribution in [0.1, 0.15) is 21.5 Å². The second-order valence-electron chi connectivity index (χ2n) is 7.66. The Balaban J connectivity index is 1.35. The molecule has 1 saturated heterocycles. The summed E-state index contributed by atoms with van der Waals surface area (Å²) in [6.45, 7) is 6.39. The summed E-state index contributed by atoms with van der Waals surface area (Å²) < 4.78 is 31.3. The van der Waals surface area contributed by atoms with Crippen LogP contribution in [0.25, 0.3) is 6.08 Å². The molecule has 0 spiro atoms. The van der Waals surface area contributed by atoms with E-state index in [-0.39, 0.29) is 11.5 Å². The van der Waals surface area contributed by atoms with E-state index < -0.39 is 5.82 Å². The van der Waals surface area contributed by atoms with Gasteiger partial charge in [0.1, 0.15) is 24.0 Å². The summed E-state index contributed by atoms with van der Waals surface area (Å²) in [5, 5.41) is 0. The first-order valence-corrected chi connectivity index (χ1v) is 10.2. The molecule has 3 aliphatic heterocycles. The highest BCUT2D eigenvalue weighted by Crippen LogP contribution is 2.42. The number of ether oxygens (including phenoxy) is 3. The molecule has 0 aromatic heterocycles. The van der Waals surface area contributed by atoms with Gasteiger partial charge in [-0.25, -0.2) is 4.39 Å². The SMILES string of the molecule is O=C1/C(=C/c2ccccc2F)Oc2c1ccc1c2CN(CCN2CCOCC2)CO1. The predicted molar refractivity (Wildman–Crippen MR) is 109 cm³/mol. The van der Waals surface area contributed by atoms with Gasteiger partial charge >= 0.3 is 0 Å². The van der Waals surface area contributed by atoms with E-state index in [2.05, 4.69) is 9.80 Å². The minimum absolute atomic E-state index is 0.133. The van der Waals surface area contributed by atoms with Crippen molar-refractivity contribution in [3.63, 3.8) is 0 Å². The molecule has 2 aromatic rings. The number of Topliss-reactive ketones (excluding diaryl/α,β-unsaturated/α-hetero) is 1. The zero-order chi connectivity index (χ0) is 20.5. The van der Waals surface area contributed by atoms with Crippen molar-refractivity contribution in [2.24, 2.45) is 0 Å². The Morgan fingerprint density at radius 1 is 1.03 bits per heavy atom. The van der Waals surface area contributed by atoms with Gasteiger partial charge in [0, 0.05) is 38.3 Å². The van der Waals surface area contributed by atoms with E-state index in [1.165, 1.54) is 12.1 Å². The summed E-state index contributed by atoms with van der Waals surface area (Å²) in [6, 6.07) is 9.87. The first-order valence-electron chi connectivity index (χ1n) is 10.2. The van der Waals surface area contributed by atoms with Crippen molar-refractivity contribution in [2.45, 2.75) is 6.54 Å². The number of nitrogens with zero attached hydrogens (tertiary/aromatic N) is 2. The molecule has 3 aliphatic rings. The molecular formula is C23H23FN2O4. The van der Waals surface area contributed by atoms with Crippen molar-refractivity contribution in [2.75, 3.05) is 46.1 Å². The summed E-state index contributed by atoms with van der Waals surface area (Å²) >= 11 is 0. The lowest BCUT2D eigenvalue weighted by Gasteiger charge is -2.33. The molecule has 0 amide bonds. The fourth-order valence-corrected chi connectivity index (χ4v) is 3.99. The van der Waals surface area contributed by atoms with Crippen LogP contribution in [-0.2, 0) is 11.3 Å². The molecule has 2 aromatic carbocycles. The lowest BCUT2D eigenvalue weighted by atomic mass is 10.0. The summed E-state index contributed by atoms with van der Waals surface area (Å²) in [5.74, 6) is 0.764. The Hall–Kier alpha value is -2.74. The van der Waals surface area contributed by atoms with Crippen LogP contribution < -0.4 is 9.47 Å². The zero-order valence-electron chi connectivity index (χ0n) is 16.6. The molecule has 1 fully saturated rings. The van der Waals surface area contributed by atoms with Gasteiger partial charge in [-0.15, -0.1) is 0 Å². The Kier molecular flexibility index (Phi) is 5.25. The van der Waals surface area contributed by atoms with E-state index in [0.717, 1.165) is 50.7 Å². The monoisotopic (exact) mass is 410 g/mol. The maximum atomic E-state index is 14.0. The molecule has 7 heteroatoms. The lowest BCUT2D eigenvalue weighted by molar-refractivity contribution is 0.0239. The van der Waals surface area contributed by atoms with E-state index in [1.807, 2.05) is 6.07 Å². The summed E-state index contributed by atoms with van der Waals surface area (Å²) in [7, 11) is 0. The normalized spacial score (nSPS) is 20.6. The molecule has 0 saturated carbocycles. The summed E-state index contributed by atoms with van der Waals surface area (Å²) in [5.41, 5.74) is 1.69. The number of carbonyl (C=O) groups is 1. The fraction of sp³-hybridized carbons (Fsp3) is 0.348. The van der Waals surface area contributed by atoms with Crippen LogP contribution >= 0.6 is 0 Å². The molecule has 0 bridgehead atoms. The van der Waals surface area contributed by atoms with Gasteiger partial charge in [0.15, 0.2) is 5.76 Å². The van der Waals surface area contributed by atoms with Gasteiger partial charge in [0.05, 0.1) is 24.3 Å². The number of morpholine rings is 1. The Morgan fingerprint density at radius 3 is 2.67 bits per heavy atom. The lowest BCUT2D eigenvalue weighted by Crippen LogP contribution is -2.43. The zero-order valence-corrected chi connectivity index (χ0v) is 16.6. The number of halogens is 1. The van der Waals surface area contributed by atoms with Gasteiger partial charge < -0.3 is 14.2 Å². The largest absolute Gasteiger partial charge is 0.478 e. The van der Waals surface area contributed by atoms with Crippen molar-refractivity contribution in [3.8, 4) is 11.5 Å². The maximum Gasteiger partial charge on any atom is 0.231 e. The minimum atomic E-state index is -0.392. The number of ketones is 1. The number of carbonyl (C=O) groups excluding carboxylic acids is 1. The van der Waals surface area contributed by atoms with Crippen LogP contribution in [0.5, 0.6) is 11.5 Å². The quantitative estimate of drug-likeness (QED) is 0.723. The van der Waals surface area contributed by atoms with Crippen molar-refractivity contribution in [1.82, 2.24) is 9.80 Å². The van der Waals surface area contributed by atoms with E-state index in [0.29, 0.717) is 30.2 Å². The fourth-order valence-electron chi connectivity index (χ4n) is 3.99. The number of hydrogen-bond acceptors (Lipinski definition) is 6. The van der Waals surface area contributed by atoms with Crippen LogP contribution in [0.2, 0.25) is 0 Å². The average Bonchev–Trinajstić information content (AvgIpc) is 3.10. The average molecular weight is 410 g/mol. The van der Waals surface area contributed by atoms with Gasteiger partial charge in [-0.1, -0.05) is 18.2 Å². The molecule has 0 radical (unpaired) electrons. The molecule has 0 unspecified atom stereocenters. The molecule has 0 atom stereocenters. The van der Waals surface area contributed by atoms with Gasteiger partial charge in [0.25, 0.3) is 0 Å². The molecule has 0 aliphatic carbocycles. The Labute approximate surface area is 174 Å². The van der Waals surface area contributed by atoms with Crippen molar-refractivity contribution in [1.29, 1.82) is 0 Å². The maximum absolute atomic E-state index is 14.0. The molecule has 30 heavy (non-hydrogen) atoms. The number of fused-ring (bicyclic) bond motifs is 3. The number of rotatable bonds is 4. The molecule has 3 heterocycles. The second-order valence-corrected chi connectivity index (χ2v) is 7.66. The number of benzene rings is 2. The van der Waals surface area contributed by atoms with Crippen molar-refractivity contribution in [3.05, 3.63) is 64.7 Å². The third-order valence-electron chi connectivity index (χ3n) is 5.71. The second kappa shape index (κ2) is 8.18. The van der Waals surface area contributed by atoms with Crippen LogP contribution in [0, 0.1) is 5.82 Å². The number of allylic oxidation sites excluding steroid dienone is 1. The third kappa shape index (κ3) is 3.71. The molecule has 0 N–H and O–H groups in total. The first kappa shape index (κ1) is 19.2. The molecule has 6 nitrogen and oxygen atoms in total. The minimum Gasteiger partial charge on any atom is -0.478 e. The van der Waals surface area contributed by atoms with E-state index in [4.69, 9.17) is 14.2 Å². The van der Waals surface area contributed by atoms with Gasteiger partial charge in [0.2, 0.25) is 5.78 Å². The van der Waals surface area contributed by atoms with Crippen LogP contribution in [-0.4, -0.2) is 61.7 Å². The van der Waals surface area contributed by atoms with E-state index >= 15 is 0 Å². The van der Waals surface area contributed by atoms with Crippen LogP contribution in [0.3, 0.4) is 0 Å². The van der Waals surface area contributed by atoms with Gasteiger partial charge in [-0.3, -0.25) is 14.6 Å². The van der Waals surface area contributed by atoms with Gasteiger partial charge in [-0.2, -0.15) is 0 Å². The molecule has 156 valence electrons. The van der Waals surface area contributed by atoms with Gasteiger partial charge in [-0.05, 0) is 24.3 Å². The third-order valence-corrected chi connectivity index (χ3v) is 5.71. The summed E-state index contributed by atoms with van der Waals surface area (Å²) in [4.78, 5) is 17.4. The molecular weight excluding hydrogens is 387 g/mol. The van der Waals surface area contributed by atoms with Crippen molar-refractivity contribution >= 4 is 11.9 Å². The highest BCUT2D eigenvalue weighted by Gasteiger charge is 2.33. The topological polar surface area (TPSA) is 51.2 Å². The van der Waals surface area contributed by atoms with Crippen LogP contribution in [0.15, 0.2) is 42.2 Å². The predicted octanol–water partition coefficient (Wildman–Crippen LogP) is 2.93. The standard InChI is InChI=1S/C23H23FN2O4/c24-19-4-2-1-3-16(19)13-21-22(27)17-5-6-20-18(23(17)30-21)14-26(15-29-20)8-7-25-9-11-28-12-10-25/h1-6,13H,7-12,14-15H2/b21-13-. The Morgan fingerprint density at radius 2 is 1.83 bits per heavy atom. The Bertz CT molecular complexity index is 1000. The first-order chi connectivity index (χ1) is 14.7. The highest BCUT2D eigenvalue weighted by atomic mass is 19.1. The van der Waals surface area contributed by atoms with E-state index in [1.54, 1.807) is 24.3 Å². The molecule has 5 rings (SSSR count). The highest BCUT2D eigenvalue weighted by molar-refractivity contribution is 6.15. The smallest absolute Gasteiger partial charge is 0.231 e. The summed E-state index contributed by atoms with van der Waals surface area (Å²) in [6.07, 6.45) is 1.46. The van der Waals surface area contributed by atoms with E-state index in [9.17, 15) is 9.18 Å². The van der Waals surface area contributed by atoms with Crippen molar-refractivity contribution < 1.29 is 23.4 Å².